The van der Waals surface area contributed by atoms with Crippen molar-refractivity contribution < 1.29 is 20.1 Å². The molecule has 1 aliphatic heterocycles. The molecule has 1 fully saturated rings. The Labute approximate surface area is 64.4 Å². The molecule has 0 radical (unpaired) electrons. The lowest BCUT2D eigenvalue weighted by atomic mass is 9.99. The van der Waals surface area contributed by atoms with Crippen LogP contribution < -0.4 is 5.73 Å². The Kier molecular flexibility index (Phi) is 2.46. The highest BCUT2D eigenvalue weighted by atomic mass is 16.5. The predicted octanol–water partition coefficient (Wildman–Crippen LogP) is -2.23. The van der Waals surface area contributed by atoms with Crippen molar-refractivity contribution in [2.24, 2.45) is 5.73 Å². The molecule has 0 bridgehead atoms. The van der Waals surface area contributed by atoms with E-state index in [9.17, 15) is 0 Å². The third kappa shape index (κ3) is 1.52. The van der Waals surface area contributed by atoms with Crippen LogP contribution in [-0.2, 0) is 4.74 Å². The zero-order valence-electron chi connectivity index (χ0n) is 6.21. The molecule has 1 rings (SSSR count). The zero-order valence-corrected chi connectivity index (χ0v) is 6.21. The van der Waals surface area contributed by atoms with E-state index >= 15 is 0 Å². The molecule has 5 atom stereocenters. The second-order valence-electron chi connectivity index (χ2n) is 2.78. The fraction of sp³-hybridized carbons (Fsp3) is 1.00. The summed E-state index contributed by atoms with van der Waals surface area (Å²) in [6, 6.07) is 0. The summed E-state index contributed by atoms with van der Waals surface area (Å²) in [5.41, 5.74) is 5.28. The largest absolute Gasteiger partial charge is 0.388 e. The van der Waals surface area contributed by atoms with Crippen molar-refractivity contribution in [3.63, 3.8) is 0 Å². The van der Waals surface area contributed by atoms with E-state index < -0.39 is 30.6 Å². The van der Waals surface area contributed by atoms with Crippen LogP contribution in [0.2, 0.25) is 0 Å². The summed E-state index contributed by atoms with van der Waals surface area (Å²) in [5, 5.41) is 27.3. The Morgan fingerprint density at radius 3 is 2.18 bits per heavy atom. The van der Waals surface area contributed by atoms with E-state index in [0.717, 1.165) is 0 Å². The molecule has 0 saturated carbocycles. The number of aliphatic hydroxyl groups is 3. The van der Waals surface area contributed by atoms with Crippen LogP contribution in [0.3, 0.4) is 0 Å². The maximum atomic E-state index is 9.14. The zero-order chi connectivity index (χ0) is 8.59. The molecule has 1 heterocycles. The van der Waals surface area contributed by atoms with Gasteiger partial charge in [-0.3, -0.25) is 0 Å². The monoisotopic (exact) mass is 163 g/mol. The Balaban J connectivity index is 2.63. The Bertz CT molecular complexity index is 129. The van der Waals surface area contributed by atoms with E-state index in [2.05, 4.69) is 0 Å². The minimum absolute atomic E-state index is 0.539. The first kappa shape index (κ1) is 8.89. The standard InChI is InChI=1S/C6H13NO4/c1-2-3(8)4(9)5(10)6(7)11-2/h2-6,8-10H,7H2,1H3/t2-,3-,4+,5+,6?/m0/s1. The van der Waals surface area contributed by atoms with Gasteiger partial charge in [-0.25, -0.2) is 0 Å². The van der Waals surface area contributed by atoms with Gasteiger partial charge in [-0.2, -0.15) is 0 Å². The molecule has 1 unspecified atom stereocenters. The quantitative estimate of drug-likeness (QED) is 0.324. The van der Waals surface area contributed by atoms with Crippen molar-refractivity contribution >= 4 is 0 Å². The van der Waals surface area contributed by atoms with Gasteiger partial charge in [0.2, 0.25) is 0 Å². The molecule has 5 N–H and O–H groups in total. The van der Waals surface area contributed by atoms with Gasteiger partial charge >= 0.3 is 0 Å². The van der Waals surface area contributed by atoms with E-state index in [1.165, 1.54) is 0 Å². The van der Waals surface area contributed by atoms with Crippen LogP contribution in [0.15, 0.2) is 0 Å². The van der Waals surface area contributed by atoms with Crippen molar-refractivity contribution in [1.82, 2.24) is 0 Å². The number of hydrogen-bond acceptors (Lipinski definition) is 5. The maximum Gasteiger partial charge on any atom is 0.135 e. The van der Waals surface area contributed by atoms with E-state index in [-0.39, 0.29) is 0 Å². The van der Waals surface area contributed by atoms with E-state index in [1.807, 2.05) is 0 Å². The first-order valence-electron chi connectivity index (χ1n) is 3.49. The average Bonchev–Trinajstić information content (AvgIpc) is 1.97. The molecule has 0 aromatic rings. The third-order valence-corrected chi connectivity index (χ3v) is 1.89. The second-order valence-corrected chi connectivity index (χ2v) is 2.78. The van der Waals surface area contributed by atoms with Gasteiger partial charge in [0.1, 0.15) is 24.5 Å². The van der Waals surface area contributed by atoms with Crippen molar-refractivity contribution in [3.8, 4) is 0 Å². The topological polar surface area (TPSA) is 95.9 Å². The summed E-state index contributed by atoms with van der Waals surface area (Å²) in [7, 11) is 0. The Hall–Kier alpha value is -0.200. The van der Waals surface area contributed by atoms with Gasteiger partial charge in [0.15, 0.2) is 0 Å². The highest BCUT2D eigenvalue weighted by Crippen LogP contribution is 2.17. The van der Waals surface area contributed by atoms with E-state index in [0.29, 0.717) is 0 Å². The first-order valence-corrected chi connectivity index (χ1v) is 3.49. The predicted molar refractivity (Wildman–Crippen MR) is 36.5 cm³/mol. The summed E-state index contributed by atoms with van der Waals surface area (Å²) in [5.74, 6) is 0. The van der Waals surface area contributed by atoms with Crippen LogP contribution in [-0.4, -0.2) is 46.0 Å². The minimum atomic E-state index is -1.21. The summed E-state index contributed by atoms with van der Waals surface area (Å²) in [4.78, 5) is 0. The van der Waals surface area contributed by atoms with Crippen LogP contribution in [0, 0.1) is 0 Å². The van der Waals surface area contributed by atoms with Gasteiger partial charge in [0.05, 0.1) is 6.10 Å². The van der Waals surface area contributed by atoms with Gasteiger partial charge in [-0.15, -0.1) is 0 Å². The molecule has 5 nitrogen and oxygen atoms in total. The summed E-state index contributed by atoms with van der Waals surface area (Å²) < 4.78 is 4.90. The van der Waals surface area contributed by atoms with E-state index in [1.54, 1.807) is 6.92 Å². The van der Waals surface area contributed by atoms with Gasteiger partial charge < -0.3 is 25.8 Å². The van der Waals surface area contributed by atoms with Gasteiger partial charge in [0.25, 0.3) is 0 Å². The van der Waals surface area contributed by atoms with Crippen molar-refractivity contribution in [2.45, 2.75) is 37.6 Å². The van der Waals surface area contributed by atoms with Crippen LogP contribution in [0.4, 0.5) is 0 Å². The Morgan fingerprint density at radius 1 is 1.09 bits per heavy atom. The fourth-order valence-electron chi connectivity index (χ4n) is 1.08. The van der Waals surface area contributed by atoms with E-state index in [4.69, 9.17) is 25.8 Å². The molecular weight excluding hydrogens is 150 g/mol. The van der Waals surface area contributed by atoms with Gasteiger partial charge in [-0.05, 0) is 6.92 Å². The number of rotatable bonds is 0. The molecule has 0 aromatic carbocycles. The smallest absolute Gasteiger partial charge is 0.135 e. The van der Waals surface area contributed by atoms with Crippen LogP contribution in [0.1, 0.15) is 6.92 Å². The maximum absolute atomic E-state index is 9.14. The lowest BCUT2D eigenvalue weighted by molar-refractivity contribution is -0.215. The number of aliphatic hydroxyl groups excluding tert-OH is 3. The lowest BCUT2D eigenvalue weighted by Gasteiger charge is -2.37. The van der Waals surface area contributed by atoms with Crippen molar-refractivity contribution in [2.75, 3.05) is 0 Å². The number of nitrogens with two attached hydrogens (primary N) is 1. The lowest BCUT2D eigenvalue weighted by Crippen LogP contribution is -2.59. The first-order chi connectivity index (χ1) is 5.04. The number of hydrogen-bond donors (Lipinski definition) is 4. The molecule has 1 aliphatic rings. The SMILES string of the molecule is C[C@@H]1OC(N)[C@H](O)[C@H](O)[C@H]1O. The summed E-state index contributed by atoms with van der Waals surface area (Å²) >= 11 is 0. The molecule has 11 heavy (non-hydrogen) atoms. The molecule has 1 saturated heterocycles. The average molecular weight is 163 g/mol. The normalized spacial score (nSPS) is 52.6. The third-order valence-electron chi connectivity index (χ3n) is 1.89. The highest BCUT2D eigenvalue weighted by Gasteiger charge is 2.39. The molecule has 66 valence electrons. The Morgan fingerprint density at radius 2 is 1.64 bits per heavy atom. The minimum Gasteiger partial charge on any atom is -0.388 e. The van der Waals surface area contributed by atoms with Crippen LogP contribution in [0.5, 0.6) is 0 Å². The van der Waals surface area contributed by atoms with Crippen molar-refractivity contribution in [3.05, 3.63) is 0 Å². The highest BCUT2D eigenvalue weighted by molar-refractivity contribution is 4.87. The molecule has 0 aromatic heterocycles. The van der Waals surface area contributed by atoms with Crippen LogP contribution in [0.25, 0.3) is 0 Å². The molecule has 0 aliphatic carbocycles. The summed E-state index contributed by atoms with van der Waals surface area (Å²) in [6.07, 6.45) is -4.94. The molecule has 5 heteroatoms. The van der Waals surface area contributed by atoms with Crippen LogP contribution >= 0.6 is 0 Å². The molecule has 0 spiro atoms. The molecule has 0 amide bonds. The fourth-order valence-corrected chi connectivity index (χ4v) is 1.08. The second kappa shape index (κ2) is 3.04. The summed E-state index contributed by atoms with van der Waals surface area (Å²) in [6.45, 7) is 1.58. The van der Waals surface area contributed by atoms with Gasteiger partial charge in [0, 0.05) is 0 Å². The number of ether oxygens (including phenoxy) is 1. The van der Waals surface area contributed by atoms with Crippen molar-refractivity contribution in [1.29, 1.82) is 0 Å². The van der Waals surface area contributed by atoms with Gasteiger partial charge in [-0.1, -0.05) is 0 Å². The molecular formula is C6H13NO4.